The molecule has 1 heterocycles. The van der Waals surface area contributed by atoms with Crippen molar-refractivity contribution in [2.75, 3.05) is 25.0 Å². The van der Waals surface area contributed by atoms with Crippen LogP contribution in [0.5, 0.6) is 5.75 Å². The predicted octanol–water partition coefficient (Wildman–Crippen LogP) is 4.28. The second kappa shape index (κ2) is 7.92. The largest absolute Gasteiger partial charge is 0.435 e. The Labute approximate surface area is 156 Å². The molecule has 0 atom stereocenters. The van der Waals surface area contributed by atoms with Crippen LogP contribution in [0.3, 0.4) is 0 Å². The Balaban J connectivity index is 1.77. The number of benzene rings is 2. The Hall–Kier alpha value is -2.67. The third kappa shape index (κ3) is 4.95. The lowest BCUT2D eigenvalue weighted by atomic mass is 10.1. The molecule has 0 saturated carbocycles. The molecule has 1 amide bonds. The molecule has 1 saturated heterocycles. The van der Waals surface area contributed by atoms with Crippen LogP contribution in [0.1, 0.15) is 24.2 Å². The molecule has 3 rings (SSSR count). The number of carbonyl (C=O) groups excluding carboxylic acids is 1. The van der Waals surface area contributed by atoms with Crippen LogP contribution < -0.4 is 10.1 Å². The monoisotopic (exact) mass is 376 g/mol. The van der Waals surface area contributed by atoms with Crippen LogP contribution in [0.15, 0.2) is 48.5 Å². The van der Waals surface area contributed by atoms with Crippen LogP contribution in [0.2, 0.25) is 0 Å². The van der Waals surface area contributed by atoms with Crippen molar-refractivity contribution in [3.8, 4) is 5.75 Å². The second-order valence-electron chi connectivity index (χ2n) is 6.91. The number of alkyl halides is 2. The summed E-state index contributed by atoms with van der Waals surface area (Å²) in [7, 11) is 0. The van der Waals surface area contributed by atoms with Crippen LogP contribution >= 0.6 is 0 Å². The Bertz CT molecular complexity index is 794. The fourth-order valence-corrected chi connectivity index (χ4v) is 3.01. The average Bonchev–Trinajstić information content (AvgIpc) is 2.62. The maximum absolute atomic E-state index is 13.0. The first-order valence-corrected chi connectivity index (χ1v) is 8.68. The molecule has 27 heavy (non-hydrogen) atoms. The summed E-state index contributed by atoms with van der Waals surface area (Å²) in [5.41, 5.74) is 1.48. The summed E-state index contributed by atoms with van der Waals surface area (Å²) in [5, 5.41) is 3.17. The molecule has 0 spiro atoms. The molecule has 0 aliphatic carbocycles. The number of morpholine rings is 1. The van der Waals surface area contributed by atoms with E-state index in [1.54, 1.807) is 23.1 Å². The lowest BCUT2D eigenvalue weighted by Crippen LogP contribution is -2.50. The average molecular weight is 376 g/mol. The van der Waals surface area contributed by atoms with E-state index >= 15 is 0 Å². The standard InChI is InChI=1S/C20H22F2N2O3/c1-20(2)13-24(11-12-26-20)18(25)16-5-3-4-6-17(16)23-14-7-9-15(10-8-14)27-19(21)22/h3-10,19,23H,11-13H2,1-2H3. The lowest BCUT2D eigenvalue weighted by molar-refractivity contribution is -0.0763. The molecular weight excluding hydrogens is 354 g/mol. The van der Waals surface area contributed by atoms with Gasteiger partial charge in [0.2, 0.25) is 0 Å². The minimum absolute atomic E-state index is 0.0767. The number of hydrogen-bond donors (Lipinski definition) is 1. The first-order chi connectivity index (χ1) is 12.8. The Morgan fingerprint density at radius 3 is 2.56 bits per heavy atom. The summed E-state index contributed by atoms with van der Waals surface area (Å²) >= 11 is 0. The van der Waals surface area contributed by atoms with Crippen molar-refractivity contribution in [3.63, 3.8) is 0 Å². The van der Waals surface area contributed by atoms with Crippen LogP contribution in [0, 0.1) is 0 Å². The van der Waals surface area contributed by atoms with Gasteiger partial charge in [0.25, 0.3) is 5.91 Å². The molecule has 5 nitrogen and oxygen atoms in total. The molecular formula is C20H22F2N2O3. The van der Waals surface area contributed by atoms with Gasteiger partial charge < -0.3 is 19.7 Å². The van der Waals surface area contributed by atoms with Crippen molar-refractivity contribution in [2.24, 2.45) is 0 Å². The number of ether oxygens (including phenoxy) is 2. The number of anilines is 2. The molecule has 1 N–H and O–H groups in total. The number of hydrogen-bond acceptors (Lipinski definition) is 4. The highest BCUT2D eigenvalue weighted by Gasteiger charge is 2.31. The van der Waals surface area contributed by atoms with Gasteiger partial charge in [0, 0.05) is 18.8 Å². The molecule has 0 aromatic heterocycles. The Kier molecular flexibility index (Phi) is 5.60. The first-order valence-electron chi connectivity index (χ1n) is 8.68. The molecule has 7 heteroatoms. The van der Waals surface area contributed by atoms with E-state index in [2.05, 4.69) is 10.1 Å². The highest BCUT2D eigenvalue weighted by molar-refractivity contribution is 6.00. The number of halogens is 2. The third-order valence-corrected chi connectivity index (χ3v) is 4.23. The maximum Gasteiger partial charge on any atom is 0.387 e. The first kappa shape index (κ1) is 19.1. The molecule has 0 bridgehead atoms. The van der Waals surface area contributed by atoms with Crippen molar-refractivity contribution < 1.29 is 23.0 Å². The van der Waals surface area contributed by atoms with Gasteiger partial charge in [-0.3, -0.25) is 4.79 Å². The number of nitrogens with one attached hydrogen (secondary N) is 1. The van der Waals surface area contributed by atoms with Crippen LogP contribution in [-0.2, 0) is 4.74 Å². The number of para-hydroxylation sites is 1. The summed E-state index contributed by atoms with van der Waals surface area (Å²) in [4.78, 5) is 14.8. The predicted molar refractivity (Wildman–Crippen MR) is 98.7 cm³/mol. The highest BCUT2D eigenvalue weighted by Crippen LogP contribution is 2.26. The molecule has 2 aromatic rings. The van der Waals surface area contributed by atoms with E-state index in [0.717, 1.165) is 0 Å². The van der Waals surface area contributed by atoms with Crippen LogP contribution in [0.4, 0.5) is 20.2 Å². The number of rotatable bonds is 5. The number of carbonyl (C=O) groups is 1. The van der Waals surface area contributed by atoms with Gasteiger partial charge in [0.05, 0.1) is 23.5 Å². The van der Waals surface area contributed by atoms with E-state index in [9.17, 15) is 13.6 Å². The zero-order chi connectivity index (χ0) is 19.4. The topological polar surface area (TPSA) is 50.8 Å². The van der Waals surface area contributed by atoms with Crippen molar-refractivity contribution >= 4 is 17.3 Å². The van der Waals surface area contributed by atoms with Gasteiger partial charge in [0.1, 0.15) is 5.75 Å². The summed E-state index contributed by atoms with van der Waals surface area (Å²) in [6.07, 6.45) is 0. The normalized spacial score (nSPS) is 16.3. The molecule has 1 aliphatic rings. The van der Waals surface area contributed by atoms with Gasteiger partial charge in [-0.05, 0) is 50.2 Å². The minimum Gasteiger partial charge on any atom is -0.435 e. The lowest BCUT2D eigenvalue weighted by Gasteiger charge is -2.38. The van der Waals surface area contributed by atoms with E-state index in [4.69, 9.17) is 4.74 Å². The smallest absolute Gasteiger partial charge is 0.387 e. The molecule has 0 unspecified atom stereocenters. The summed E-state index contributed by atoms with van der Waals surface area (Å²) in [6, 6.07) is 13.4. The van der Waals surface area contributed by atoms with Gasteiger partial charge in [-0.1, -0.05) is 12.1 Å². The zero-order valence-electron chi connectivity index (χ0n) is 15.2. The van der Waals surface area contributed by atoms with Gasteiger partial charge in [-0.2, -0.15) is 8.78 Å². The van der Waals surface area contributed by atoms with Gasteiger partial charge in [-0.15, -0.1) is 0 Å². The number of nitrogens with zero attached hydrogens (tertiary/aromatic N) is 1. The molecule has 1 aliphatic heterocycles. The van der Waals surface area contributed by atoms with Gasteiger partial charge in [0.15, 0.2) is 0 Å². The maximum atomic E-state index is 13.0. The summed E-state index contributed by atoms with van der Waals surface area (Å²) < 4.78 is 34.5. The molecule has 1 fully saturated rings. The van der Waals surface area contributed by atoms with Gasteiger partial charge in [-0.25, -0.2) is 0 Å². The Morgan fingerprint density at radius 2 is 1.89 bits per heavy atom. The van der Waals surface area contributed by atoms with E-state index in [-0.39, 0.29) is 17.3 Å². The van der Waals surface area contributed by atoms with E-state index in [0.29, 0.717) is 36.6 Å². The second-order valence-corrected chi connectivity index (χ2v) is 6.91. The quantitative estimate of drug-likeness (QED) is 0.846. The Morgan fingerprint density at radius 1 is 1.19 bits per heavy atom. The molecule has 144 valence electrons. The van der Waals surface area contributed by atoms with E-state index in [1.165, 1.54) is 12.1 Å². The highest BCUT2D eigenvalue weighted by atomic mass is 19.3. The van der Waals surface area contributed by atoms with Crippen molar-refractivity contribution in [1.82, 2.24) is 4.90 Å². The SMILES string of the molecule is CC1(C)CN(C(=O)c2ccccc2Nc2ccc(OC(F)F)cc2)CCO1. The summed E-state index contributed by atoms with van der Waals surface area (Å²) in [5.74, 6) is 0.00240. The minimum atomic E-state index is -2.86. The number of amides is 1. The van der Waals surface area contributed by atoms with Crippen molar-refractivity contribution in [3.05, 3.63) is 54.1 Å². The van der Waals surface area contributed by atoms with Crippen LogP contribution in [0.25, 0.3) is 0 Å². The van der Waals surface area contributed by atoms with Crippen molar-refractivity contribution in [2.45, 2.75) is 26.1 Å². The third-order valence-electron chi connectivity index (χ3n) is 4.23. The fourth-order valence-electron chi connectivity index (χ4n) is 3.01. The zero-order valence-corrected chi connectivity index (χ0v) is 15.2. The molecule has 0 radical (unpaired) electrons. The van der Waals surface area contributed by atoms with E-state index in [1.807, 2.05) is 32.0 Å². The fraction of sp³-hybridized carbons (Fsp3) is 0.350. The summed E-state index contributed by atoms with van der Waals surface area (Å²) in [6.45, 7) is 2.61. The van der Waals surface area contributed by atoms with E-state index < -0.39 is 6.61 Å². The molecule has 2 aromatic carbocycles. The van der Waals surface area contributed by atoms with Crippen molar-refractivity contribution in [1.29, 1.82) is 0 Å². The van der Waals surface area contributed by atoms with Gasteiger partial charge >= 0.3 is 6.61 Å². The van der Waals surface area contributed by atoms with Crippen LogP contribution in [-0.4, -0.2) is 42.7 Å².